The number of aromatic nitrogens is 1. The van der Waals surface area contributed by atoms with Crippen LogP contribution in [0.15, 0.2) is 109 Å². The fourth-order valence-electron chi connectivity index (χ4n) is 4.50. The van der Waals surface area contributed by atoms with Gasteiger partial charge in [0.15, 0.2) is 11.5 Å². The maximum atomic E-state index is 12.7. The van der Waals surface area contributed by atoms with E-state index >= 15 is 0 Å². The van der Waals surface area contributed by atoms with Gasteiger partial charge in [0.1, 0.15) is 13.2 Å². The van der Waals surface area contributed by atoms with Crippen molar-refractivity contribution in [3.63, 3.8) is 0 Å². The van der Waals surface area contributed by atoms with Crippen LogP contribution >= 0.6 is 12.4 Å². The van der Waals surface area contributed by atoms with Gasteiger partial charge in [0.25, 0.3) is 0 Å². The predicted molar refractivity (Wildman–Crippen MR) is 162 cm³/mol. The van der Waals surface area contributed by atoms with Crippen LogP contribution in [-0.2, 0) is 30.8 Å². The van der Waals surface area contributed by atoms with Gasteiger partial charge in [-0.3, -0.25) is 4.79 Å². The topological polar surface area (TPSA) is 89.4 Å². The summed E-state index contributed by atoms with van der Waals surface area (Å²) in [6.45, 7) is 1.36. The molecular formula is C33H34ClN3O3. The fourth-order valence-corrected chi connectivity index (χ4v) is 4.50. The fraction of sp³-hybridized carbons (Fsp3) is 0.182. The molecule has 5 rings (SSSR count). The molecule has 6 nitrogen and oxygen atoms in total. The molecule has 7 heteroatoms. The Bertz CT molecular complexity index is 1510. The molecule has 0 aliphatic rings. The maximum Gasteiger partial charge on any atom is 0.237 e. The van der Waals surface area contributed by atoms with Crippen molar-refractivity contribution in [1.82, 2.24) is 10.3 Å². The Kier molecular flexibility index (Phi) is 10.2. The summed E-state index contributed by atoms with van der Waals surface area (Å²) >= 11 is 0. The number of hydrogen-bond acceptors (Lipinski definition) is 4. The van der Waals surface area contributed by atoms with Crippen molar-refractivity contribution in [2.75, 3.05) is 6.54 Å². The van der Waals surface area contributed by atoms with E-state index in [0.29, 0.717) is 44.1 Å². The average Bonchev–Trinajstić information content (AvgIpc) is 3.39. The normalized spacial score (nSPS) is 11.4. The molecule has 0 saturated carbocycles. The van der Waals surface area contributed by atoms with Gasteiger partial charge >= 0.3 is 0 Å². The third-order valence-corrected chi connectivity index (χ3v) is 6.65. The van der Waals surface area contributed by atoms with Crippen LogP contribution in [-0.4, -0.2) is 23.5 Å². The van der Waals surface area contributed by atoms with Gasteiger partial charge in [-0.2, -0.15) is 0 Å². The molecule has 5 aromatic rings. The molecular weight excluding hydrogens is 522 g/mol. The van der Waals surface area contributed by atoms with Crippen LogP contribution in [0.3, 0.4) is 0 Å². The van der Waals surface area contributed by atoms with Gasteiger partial charge in [0, 0.05) is 23.6 Å². The van der Waals surface area contributed by atoms with E-state index in [1.54, 1.807) is 0 Å². The van der Waals surface area contributed by atoms with Crippen LogP contribution in [0.4, 0.5) is 0 Å². The number of hydrogen-bond donors (Lipinski definition) is 3. The van der Waals surface area contributed by atoms with Crippen LogP contribution in [0.5, 0.6) is 11.5 Å². The molecule has 0 saturated heterocycles. The number of halogens is 1. The number of para-hydroxylation sites is 1. The SMILES string of the molecule is Cl.N[C@@H](Cc1c[nH]c2ccccc12)C(=O)NCCc1ccc(OCc2ccccc2)c(OCc2ccccc2)c1. The van der Waals surface area contributed by atoms with Crippen molar-refractivity contribution in [2.45, 2.75) is 32.1 Å². The van der Waals surface area contributed by atoms with E-state index in [1.807, 2.05) is 109 Å². The zero-order valence-corrected chi connectivity index (χ0v) is 23.0. The minimum atomic E-state index is -0.622. The van der Waals surface area contributed by atoms with E-state index in [4.69, 9.17) is 15.2 Å². The quantitative estimate of drug-likeness (QED) is 0.177. The highest BCUT2D eigenvalue weighted by molar-refractivity contribution is 5.86. The lowest BCUT2D eigenvalue weighted by Gasteiger charge is -2.15. The van der Waals surface area contributed by atoms with Crippen LogP contribution in [0, 0.1) is 0 Å². The lowest BCUT2D eigenvalue weighted by molar-refractivity contribution is -0.122. The Hall–Kier alpha value is -4.26. The van der Waals surface area contributed by atoms with Crippen LogP contribution in [0.1, 0.15) is 22.3 Å². The zero-order chi connectivity index (χ0) is 26.9. The molecule has 4 N–H and O–H groups in total. The van der Waals surface area contributed by atoms with E-state index in [1.165, 1.54) is 0 Å². The molecule has 0 aliphatic heterocycles. The molecule has 0 spiro atoms. The minimum Gasteiger partial charge on any atom is -0.485 e. The molecule has 1 atom stereocenters. The number of rotatable bonds is 12. The molecule has 40 heavy (non-hydrogen) atoms. The van der Waals surface area contributed by atoms with Gasteiger partial charge < -0.3 is 25.5 Å². The van der Waals surface area contributed by atoms with Crippen molar-refractivity contribution in [1.29, 1.82) is 0 Å². The van der Waals surface area contributed by atoms with E-state index in [-0.39, 0.29) is 18.3 Å². The lowest BCUT2D eigenvalue weighted by atomic mass is 10.0. The first-order chi connectivity index (χ1) is 19.2. The number of benzene rings is 4. The van der Waals surface area contributed by atoms with Crippen molar-refractivity contribution in [3.05, 3.63) is 132 Å². The molecule has 1 heterocycles. The first-order valence-electron chi connectivity index (χ1n) is 13.2. The maximum absolute atomic E-state index is 12.7. The summed E-state index contributed by atoms with van der Waals surface area (Å²) in [5.41, 5.74) is 11.5. The molecule has 4 aromatic carbocycles. The Morgan fingerprint density at radius 3 is 2.10 bits per heavy atom. The lowest BCUT2D eigenvalue weighted by Crippen LogP contribution is -2.42. The largest absolute Gasteiger partial charge is 0.485 e. The number of carbonyl (C=O) groups excluding carboxylic acids is 1. The molecule has 0 bridgehead atoms. The number of aromatic amines is 1. The summed E-state index contributed by atoms with van der Waals surface area (Å²) < 4.78 is 12.3. The summed E-state index contributed by atoms with van der Waals surface area (Å²) in [7, 11) is 0. The van der Waals surface area contributed by atoms with E-state index < -0.39 is 6.04 Å². The van der Waals surface area contributed by atoms with Crippen molar-refractivity contribution in [3.8, 4) is 11.5 Å². The monoisotopic (exact) mass is 555 g/mol. The molecule has 1 amide bonds. The highest BCUT2D eigenvalue weighted by Gasteiger charge is 2.16. The Morgan fingerprint density at radius 1 is 0.775 bits per heavy atom. The smallest absolute Gasteiger partial charge is 0.237 e. The van der Waals surface area contributed by atoms with Gasteiger partial charge in [0.05, 0.1) is 6.04 Å². The molecule has 206 valence electrons. The molecule has 0 unspecified atom stereocenters. The Morgan fingerprint density at radius 2 is 1.40 bits per heavy atom. The third-order valence-electron chi connectivity index (χ3n) is 6.65. The van der Waals surface area contributed by atoms with Crippen LogP contribution in [0.2, 0.25) is 0 Å². The molecule has 0 aliphatic carbocycles. The first-order valence-corrected chi connectivity index (χ1v) is 13.2. The van der Waals surface area contributed by atoms with E-state index in [2.05, 4.69) is 10.3 Å². The first kappa shape index (κ1) is 28.7. The summed E-state index contributed by atoms with van der Waals surface area (Å²) in [6.07, 6.45) is 3.04. The van der Waals surface area contributed by atoms with Crippen molar-refractivity contribution in [2.24, 2.45) is 5.73 Å². The third kappa shape index (κ3) is 7.65. The minimum absolute atomic E-state index is 0. The summed E-state index contributed by atoms with van der Waals surface area (Å²) in [5, 5.41) is 4.08. The van der Waals surface area contributed by atoms with Crippen molar-refractivity contribution < 1.29 is 14.3 Å². The number of ether oxygens (including phenoxy) is 2. The summed E-state index contributed by atoms with van der Waals surface area (Å²) in [5.74, 6) is 1.20. The zero-order valence-electron chi connectivity index (χ0n) is 22.2. The van der Waals surface area contributed by atoms with Crippen LogP contribution in [0.25, 0.3) is 10.9 Å². The number of nitrogens with two attached hydrogens (primary N) is 1. The number of carbonyl (C=O) groups is 1. The van der Waals surface area contributed by atoms with Gasteiger partial charge in [-0.1, -0.05) is 84.9 Å². The van der Waals surface area contributed by atoms with Gasteiger partial charge in [-0.25, -0.2) is 0 Å². The van der Waals surface area contributed by atoms with Gasteiger partial charge in [-0.15, -0.1) is 12.4 Å². The molecule has 0 radical (unpaired) electrons. The second-order valence-electron chi connectivity index (χ2n) is 9.54. The number of fused-ring (bicyclic) bond motifs is 1. The number of amides is 1. The summed E-state index contributed by atoms with van der Waals surface area (Å²) in [4.78, 5) is 15.9. The predicted octanol–water partition coefficient (Wildman–Crippen LogP) is 5.98. The molecule has 1 aromatic heterocycles. The highest BCUT2D eigenvalue weighted by atomic mass is 35.5. The standard InChI is InChI=1S/C33H33N3O3.ClH/c34-29(20-27-21-36-30-14-8-7-13-28(27)30)33(37)35-18-17-24-15-16-31(38-22-25-9-3-1-4-10-25)32(19-24)39-23-26-11-5-2-6-12-26;/h1-16,19,21,29,36H,17-18,20,22-23,34H2,(H,35,37);1H/t29-;/m0./s1. The Balaban J connectivity index is 0.00000370. The highest BCUT2D eigenvalue weighted by Crippen LogP contribution is 2.30. The summed E-state index contributed by atoms with van der Waals surface area (Å²) in [6, 6.07) is 33.4. The van der Waals surface area contributed by atoms with E-state index in [0.717, 1.165) is 33.2 Å². The second kappa shape index (κ2) is 14.2. The average molecular weight is 556 g/mol. The number of nitrogens with one attached hydrogen (secondary N) is 2. The van der Waals surface area contributed by atoms with E-state index in [9.17, 15) is 4.79 Å². The molecule has 0 fully saturated rings. The van der Waals surface area contributed by atoms with Crippen LogP contribution < -0.4 is 20.5 Å². The second-order valence-corrected chi connectivity index (χ2v) is 9.54. The van der Waals surface area contributed by atoms with Crippen molar-refractivity contribution >= 4 is 29.2 Å². The van der Waals surface area contributed by atoms with Gasteiger partial charge in [-0.05, 0) is 53.3 Å². The van der Waals surface area contributed by atoms with Gasteiger partial charge in [0.2, 0.25) is 5.91 Å². The Labute approximate surface area is 240 Å². The number of H-pyrrole nitrogens is 1.